The van der Waals surface area contributed by atoms with Gasteiger partial charge in [0, 0.05) is 17.2 Å². The first-order valence-corrected chi connectivity index (χ1v) is 9.17. The van der Waals surface area contributed by atoms with Crippen LogP contribution in [0.5, 0.6) is 0 Å². The lowest BCUT2D eigenvalue weighted by atomic mass is 9.88. The second kappa shape index (κ2) is 8.99. The minimum Gasteiger partial charge on any atom is -0.481 e. The molecular weight excluding hydrogens is 356 g/mol. The average molecular weight is 378 g/mol. The van der Waals surface area contributed by atoms with Crippen LogP contribution in [0.15, 0.2) is 72.3 Å². The van der Waals surface area contributed by atoms with Crippen molar-refractivity contribution < 1.29 is 19.5 Å². The van der Waals surface area contributed by atoms with Gasteiger partial charge < -0.3 is 15.7 Å². The predicted octanol–water partition coefficient (Wildman–Crippen LogP) is 2.78. The van der Waals surface area contributed by atoms with Gasteiger partial charge in [-0.1, -0.05) is 42.5 Å². The monoisotopic (exact) mass is 378 g/mol. The van der Waals surface area contributed by atoms with Gasteiger partial charge in [0.2, 0.25) is 0 Å². The van der Waals surface area contributed by atoms with Gasteiger partial charge in [0.15, 0.2) is 0 Å². The van der Waals surface area contributed by atoms with Crippen LogP contribution in [-0.4, -0.2) is 35.0 Å². The Balaban J connectivity index is 1.71. The summed E-state index contributed by atoms with van der Waals surface area (Å²) in [5.74, 6) is -1.42. The molecule has 0 radical (unpaired) electrons. The summed E-state index contributed by atoms with van der Waals surface area (Å²) < 4.78 is 0. The summed E-state index contributed by atoms with van der Waals surface area (Å²) in [5, 5.41) is 15.1. The maximum atomic E-state index is 12.4. The largest absolute Gasteiger partial charge is 0.481 e. The van der Waals surface area contributed by atoms with Crippen molar-refractivity contribution in [2.24, 2.45) is 0 Å². The van der Waals surface area contributed by atoms with E-state index in [2.05, 4.69) is 10.6 Å². The van der Waals surface area contributed by atoms with Crippen LogP contribution >= 0.6 is 0 Å². The topological polar surface area (TPSA) is 95.5 Å². The third-order valence-corrected chi connectivity index (χ3v) is 4.68. The molecule has 6 heteroatoms. The van der Waals surface area contributed by atoms with Crippen molar-refractivity contribution in [3.63, 3.8) is 0 Å². The molecule has 0 heterocycles. The van der Waals surface area contributed by atoms with Crippen molar-refractivity contribution >= 4 is 17.8 Å². The molecule has 0 saturated heterocycles. The van der Waals surface area contributed by atoms with Crippen molar-refractivity contribution in [2.45, 2.75) is 31.3 Å². The van der Waals surface area contributed by atoms with Crippen LogP contribution in [0.3, 0.4) is 0 Å². The maximum absolute atomic E-state index is 12.4. The zero-order valence-electron chi connectivity index (χ0n) is 15.3. The van der Waals surface area contributed by atoms with Gasteiger partial charge in [-0.05, 0) is 42.7 Å². The third kappa shape index (κ3) is 5.07. The van der Waals surface area contributed by atoms with Crippen LogP contribution in [-0.2, 0) is 4.79 Å². The molecule has 2 aromatic rings. The zero-order valence-corrected chi connectivity index (χ0v) is 15.3. The Hall–Kier alpha value is -3.41. The summed E-state index contributed by atoms with van der Waals surface area (Å²) in [6.07, 6.45) is 2.74. The first kappa shape index (κ1) is 19.4. The number of carbonyl (C=O) groups is 3. The van der Waals surface area contributed by atoms with E-state index in [9.17, 15) is 19.5 Å². The summed E-state index contributed by atoms with van der Waals surface area (Å²) in [6.45, 7) is 0. The van der Waals surface area contributed by atoms with Gasteiger partial charge in [-0.3, -0.25) is 14.4 Å². The van der Waals surface area contributed by atoms with E-state index in [1.54, 1.807) is 54.6 Å². The highest BCUT2D eigenvalue weighted by molar-refractivity contribution is 5.95. The number of hydrogen-bond donors (Lipinski definition) is 3. The first-order chi connectivity index (χ1) is 13.5. The molecule has 0 aliphatic heterocycles. The van der Waals surface area contributed by atoms with Crippen molar-refractivity contribution in [3.05, 3.63) is 83.4 Å². The number of aliphatic carboxylic acids is 1. The molecule has 1 aliphatic carbocycles. The molecule has 0 saturated carbocycles. The van der Waals surface area contributed by atoms with E-state index in [4.69, 9.17) is 0 Å². The molecule has 0 bridgehead atoms. The van der Waals surface area contributed by atoms with Crippen molar-refractivity contribution in [3.8, 4) is 0 Å². The zero-order chi connectivity index (χ0) is 19.9. The van der Waals surface area contributed by atoms with Crippen LogP contribution in [0, 0.1) is 0 Å². The van der Waals surface area contributed by atoms with Gasteiger partial charge in [0.05, 0.1) is 12.5 Å². The molecule has 0 unspecified atom stereocenters. The number of benzene rings is 2. The minimum atomic E-state index is -0.972. The number of rotatable bonds is 6. The molecular formula is C22H22N2O4. The molecule has 144 valence electrons. The number of carbonyl (C=O) groups excluding carboxylic acids is 2. The van der Waals surface area contributed by atoms with E-state index >= 15 is 0 Å². The van der Waals surface area contributed by atoms with Gasteiger partial charge in [-0.15, -0.1) is 0 Å². The second-order valence-electron chi connectivity index (χ2n) is 6.73. The van der Waals surface area contributed by atoms with E-state index in [1.165, 1.54) is 0 Å². The molecule has 3 rings (SSSR count). The minimum absolute atomic E-state index is 0.183. The Kier molecular flexibility index (Phi) is 6.22. The lowest BCUT2D eigenvalue weighted by Crippen LogP contribution is -2.43. The highest BCUT2D eigenvalue weighted by Gasteiger charge is 2.27. The van der Waals surface area contributed by atoms with Gasteiger partial charge >= 0.3 is 5.97 Å². The Morgan fingerprint density at radius 1 is 0.821 bits per heavy atom. The second-order valence-corrected chi connectivity index (χ2v) is 6.73. The lowest BCUT2D eigenvalue weighted by molar-refractivity contribution is -0.136. The number of carboxylic acids is 1. The summed E-state index contributed by atoms with van der Waals surface area (Å²) in [5.41, 5.74) is 1.67. The fourth-order valence-electron chi connectivity index (χ4n) is 3.30. The molecule has 1 aliphatic rings. The predicted molar refractivity (Wildman–Crippen MR) is 105 cm³/mol. The SMILES string of the molecule is O=C(O)CC1=C[C@@H](NC(=O)c2ccccc2)CC[C@H]1NC(=O)c1ccccc1. The van der Waals surface area contributed by atoms with Crippen LogP contribution in [0.1, 0.15) is 40.0 Å². The number of hydrogen-bond acceptors (Lipinski definition) is 3. The molecule has 28 heavy (non-hydrogen) atoms. The van der Waals surface area contributed by atoms with Crippen molar-refractivity contribution in [1.29, 1.82) is 0 Å². The maximum Gasteiger partial charge on any atom is 0.307 e. The van der Waals surface area contributed by atoms with E-state index in [0.29, 0.717) is 29.5 Å². The van der Waals surface area contributed by atoms with Crippen molar-refractivity contribution in [1.82, 2.24) is 10.6 Å². The fraction of sp³-hybridized carbons (Fsp3) is 0.227. The summed E-state index contributed by atoms with van der Waals surface area (Å²) in [4.78, 5) is 36.1. The molecule has 3 N–H and O–H groups in total. The summed E-state index contributed by atoms with van der Waals surface area (Å²) in [7, 11) is 0. The first-order valence-electron chi connectivity index (χ1n) is 9.17. The molecule has 2 aromatic carbocycles. The van der Waals surface area contributed by atoms with E-state index in [0.717, 1.165) is 0 Å². The number of amides is 2. The van der Waals surface area contributed by atoms with Gasteiger partial charge in [0.25, 0.3) is 11.8 Å². The molecule has 0 fully saturated rings. The van der Waals surface area contributed by atoms with Crippen LogP contribution in [0.2, 0.25) is 0 Å². The van der Waals surface area contributed by atoms with Gasteiger partial charge in [0.1, 0.15) is 0 Å². The average Bonchev–Trinajstić information content (AvgIpc) is 2.70. The third-order valence-electron chi connectivity index (χ3n) is 4.68. The van der Waals surface area contributed by atoms with Gasteiger partial charge in [-0.25, -0.2) is 0 Å². The molecule has 0 aromatic heterocycles. The smallest absolute Gasteiger partial charge is 0.307 e. The summed E-state index contributed by atoms with van der Waals surface area (Å²) in [6, 6.07) is 17.0. The van der Waals surface area contributed by atoms with Crippen LogP contribution < -0.4 is 10.6 Å². The van der Waals surface area contributed by atoms with E-state index < -0.39 is 5.97 Å². The molecule has 6 nitrogen and oxygen atoms in total. The molecule has 2 atom stereocenters. The Morgan fingerprint density at radius 2 is 1.36 bits per heavy atom. The fourth-order valence-corrected chi connectivity index (χ4v) is 3.30. The Morgan fingerprint density at radius 3 is 1.89 bits per heavy atom. The van der Waals surface area contributed by atoms with Crippen LogP contribution in [0.4, 0.5) is 0 Å². The quantitative estimate of drug-likeness (QED) is 0.674. The normalized spacial score (nSPS) is 18.6. The van der Waals surface area contributed by atoms with Gasteiger partial charge in [-0.2, -0.15) is 0 Å². The highest BCUT2D eigenvalue weighted by Crippen LogP contribution is 2.22. The number of nitrogens with one attached hydrogen (secondary N) is 2. The lowest BCUT2D eigenvalue weighted by Gasteiger charge is -2.29. The molecule has 2 amide bonds. The van der Waals surface area contributed by atoms with Crippen LogP contribution in [0.25, 0.3) is 0 Å². The highest BCUT2D eigenvalue weighted by atomic mass is 16.4. The Labute approximate surface area is 163 Å². The summed E-state index contributed by atoms with van der Waals surface area (Å²) >= 11 is 0. The molecule has 0 spiro atoms. The number of carboxylic acid groups (broad SMARTS) is 1. The standard InChI is InChI=1S/C22H22N2O4/c25-20(26)14-17-13-18(23-21(27)15-7-3-1-4-8-15)11-12-19(17)24-22(28)16-9-5-2-6-10-16/h1-10,13,18-19H,11-12,14H2,(H,23,27)(H,24,28)(H,25,26)/t18-,19+/m0/s1. The Bertz CT molecular complexity index is 878. The van der Waals surface area contributed by atoms with E-state index in [-0.39, 0.29) is 30.3 Å². The van der Waals surface area contributed by atoms with Crippen molar-refractivity contribution in [2.75, 3.05) is 0 Å². The van der Waals surface area contributed by atoms with E-state index in [1.807, 2.05) is 12.1 Å².